The van der Waals surface area contributed by atoms with Crippen molar-refractivity contribution in [3.05, 3.63) is 23.2 Å². The van der Waals surface area contributed by atoms with Crippen LogP contribution in [-0.4, -0.2) is 43.0 Å². The highest BCUT2D eigenvalue weighted by Crippen LogP contribution is 2.32. The summed E-state index contributed by atoms with van der Waals surface area (Å²) in [6, 6.07) is 5.67. The summed E-state index contributed by atoms with van der Waals surface area (Å²) < 4.78 is 0.999. The summed E-state index contributed by atoms with van der Waals surface area (Å²) in [6.07, 6.45) is 0. The van der Waals surface area contributed by atoms with Crippen molar-refractivity contribution in [1.82, 2.24) is 9.88 Å². The summed E-state index contributed by atoms with van der Waals surface area (Å²) >= 11 is 7.61. The van der Waals surface area contributed by atoms with E-state index in [9.17, 15) is 4.79 Å². The molecule has 0 bridgehead atoms. The topological polar surface area (TPSA) is 36.4 Å². The number of halogens is 1. The van der Waals surface area contributed by atoms with E-state index < -0.39 is 0 Å². The molecule has 0 unspecified atom stereocenters. The second-order valence-electron chi connectivity index (χ2n) is 4.56. The predicted molar refractivity (Wildman–Crippen MR) is 81.2 cm³/mol. The van der Waals surface area contributed by atoms with Gasteiger partial charge in [-0.15, -0.1) is 0 Å². The number of rotatable bonds is 4. The maximum absolute atomic E-state index is 11.8. The molecule has 0 N–H and O–H groups in total. The fourth-order valence-corrected chi connectivity index (χ4v) is 3.04. The Bertz CT molecular complexity index is 597. The molecule has 6 heteroatoms. The largest absolute Gasteiger partial charge is 0.308 e. The summed E-state index contributed by atoms with van der Waals surface area (Å²) in [4.78, 5) is 20.0. The smallest absolute Gasteiger partial charge is 0.225 e. The van der Waals surface area contributed by atoms with Crippen molar-refractivity contribution in [2.24, 2.45) is 0 Å². The van der Waals surface area contributed by atoms with Crippen molar-refractivity contribution in [2.45, 2.75) is 6.92 Å². The van der Waals surface area contributed by atoms with Crippen LogP contribution in [0.15, 0.2) is 18.2 Å². The maximum Gasteiger partial charge on any atom is 0.225 e. The SMILES string of the molecule is CC(=O)N(CCN(C)C)c1nc2c(Cl)cccc2s1. The Morgan fingerprint density at radius 1 is 1.37 bits per heavy atom. The van der Waals surface area contributed by atoms with Gasteiger partial charge in [0.25, 0.3) is 0 Å². The van der Waals surface area contributed by atoms with Crippen LogP contribution in [0.3, 0.4) is 0 Å². The molecule has 0 spiro atoms. The number of nitrogens with zero attached hydrogens (tertiary/aromatic N) is 3. The Morgan fingerprint density at radius 2 is 2.11 bits per heavy atom. The minimum atomic E-state index is -0.00275. The number of fused-ring (bicyclic) bond motifs is 1. The molecule has 4 nitrogen and oxygen atoms in total. The minimum Gasteiger partial charge on any atom is -0.308 e. The zero-order valence-corrected chi connectivity index (χ0v) is 12.8. The molecule has 2 aromatic rings. The Kier molecular flexibility index (Phi) is 4.39. The molecule has 2 rings (SSSR count). The minimum absolute atomic E-state index is 0.00275. The van der Waals surface area contributed by atoms with Crippen LogP contribution in [0.2, 0.25) is 5.02 Å². The molecule has 0 radical (unpaired) electrons. The maximum atomic E-state index is 11.8. The summed E-state index contributed by atoms with van der Waals surface area (Å²) in [5.41, 5.74) is 0.764. The number of para-hydroxylation sites is 1. The average Bonchev–Trinajstić information content (AvgIpc) is 2.73. The molecular weight excluding hydrogens is 282 g/mol. The lowest BCUT2D eigenvalue weighted by Crippen LogP contribution is -2.35. The van der Waals surface area contributed by atoms with Crippen molar-refractivity contribution in [1.29, 1.82) is 0 Å². The molecule has 1 heterocycles. The van der Waals surface area contributed by atoms with Crippen LogP contribution in [0.4, 0.5) is 5.13 Å². The fraction of sp³-hybridized carbons (Fsp3) is 0.385. The van der Waals surface area contributed by atoms with Crippen molar-refractivity contribution in [3.8, 4) is 0 Å². The van der Waals surface area contributed by atoms with Gasteiger partial charge >= 0.3 is 0 Å². The van der Waals surface area contributed by atoms with Gasteiger partial charge in [-0.25, -0.2) is 4.98 Å². The van der Waals surface area contributed by atoms with Crippen LogP contribution < -0.4 is 4.90 Å². The van der Waals surface area contributed by atoms with Gasteiger partial charge in [-0.2, -0.15) is 0 Å². The number of benzene rings is 1. The van der Waals surface area contributed by atoms with Crippen LogP contribution >= 0.6 is 22.9 Å². The first-order valence-electron chi connectivity index (χ1n) is 5.97. The zero-order chi connectivity index (χ0) is 14.0. The quantitative estimate of drug-likeness (QED) is 0.871. The third-order valence-electron chi connectivity index (χ3n) is 2.74. The molecule has 1 aromatic carbocycles. The Labute approximate surface area is 121 Å². The Balaban J connectivity index is 2.34. The lowest BCUT2D eigenvalue weighted by atomic mass is 10.3. The van der Waals surface area contributed by atoms with Crippen molar-refractivity contribution >= 4 is 44.2 Å². The van der Waals surface area contributed by atoms with Crippen molar-refractivity contribution < 1.29 is 4.79 Å². The van der Waals surface area contributed by atoms with Crippen LogP contribution in [-0.2, 0) is 4.79 Å². The second-order valence-corrected chi connectivity index (χ2v) is 5.97. The highest BCUT2D eigenvalue weighted by Gasteiger charge is 2.17. The van der Waals surface area contributed by atoms with Crippen molar-refractivity contribution in [3.63, 3.8) is 0 Å². The number of hydrogen-bond acceptors (Lipinski definition) is 4. The summed E-state index contributed by atoms with van der Waals surface area (Å²) in [7, 11) is 3.96. The molecule has 1 amide bonds. The Morgan fingerprint density at radius 3 is 2.68 bits per heavy atom. The lowest BCUT2D eigenvalue weighted by molar-refractivity contribution is -0.116. The van der Waals surface area contributed by atoms with E-state index in [0.29, 0.717) is 16.7 Å². The average molecular weight is 298 g/mol. The zero-order valence-electron chi connectivity index (χ0n) is 11.2. The van der Waals surface area contributed by atoms with Crippen LogP contribution in [0.1, 0.15) is 6.92 Å². The highest BCUT2D eigenvalue weighted by atomic mass is 35.5. The number of likely N-dealkylation sites (N-methyl/N-ethyl adjacent to an activating group) is 1. The van der Waals surface area contributed by atoms with Gasteiger partial charge in [0.05, 0.1) is 9.72 Å². The van der Waals surface area contributed by atoms with Crippen LogP contribution in [0.5, 0.6) is 0 Å². The normalized spacial score (nSPS) is 11.2. The number of amides is 1. The van der Waals surface area contributed by atoms with Gasteiger partial charge in [0.15, 0.2) is 5.13 Å². The number of aromatic nitrogens is 1. The van der Waals surface area contributed by atoms with Gasteiger partial charge in [-0.1, -0.05) is 29.0 Å². The van der Waals surface area contributed by atoms with E-state index in [1.165, 1.54) is 11.3 Å². The van der Waals surface area contributed by atoms with Gasteiger partial charge in [-0.05, 0) is 26.2 Å². The van der Waals surface area contributed by atoms with Crippen LogP contribution in [0.25, 0.3) is 10.2 Å². The van der Waals surface area contributed by atoms with E-state index >= 15 is 0 Å². The standard InChI is InChI=1S/C13H16ClN3OS/c1-9(18)17(8-7-16(2)3)13-15-12-10(14)5-4-6-11(12)19-13/h4-6H,7-8H2,1-3H3. The van der Waals surface area contributed by atoms with E-state index in [0.717, 1.165) is 16.8 Å². The number of anilines is 1. The fourth-order valence-electron chi connectivity index (χ4n) is 1.71. The second kappa shape index (κ2) is 5.86. The van der Waals surface area contributed by atoms with E-state index in [4.69, 9.17) is 11.6 Å². The summed E-state index contributed by atoms with van der Waals surface area (Å²) in [5, 5.41) is 1.33. The molecule has 0 aliphatic carbocycles. The number of hydrogen-bond donors (Lipinski definition) is 0. The number of carbonyl (C=O) groups is 1. The van der Waals surface area contributed by atoms with Crippen LogP contribution in [0, 0.1) is 0 Å². The molecule has 0 saturated carbocycles. The molecule has 1 aromatic heterocycles. The molecular formula is C13H16ClN3OS. The molecule has 0 atom stereocenters. The third kappa shape index (κ3) is 3.23. The molecule has 0 fully saturated rings. The molecule has 19 heavy (non-hydrogen) atoms. The lowest BCUT2D eigenvalue weighted by Gasteiger charge is -2.20. The predicted octanol–water partition coefficient (Wildman–Crippen LogP) is 2.86. The summed E-state index contributed by atoms with van der Waals surface area (Å²) in [6.45, 7) is 2.98. The number of carbonyl (C=O) groups excluding carboxylic acids is 1. The monoisotopic (exact) mass is 297 g/mol. The van der Waals surface area contributed by atoms with Gasteiger partial charge in [0.1, 0.15) is 5.52 Å². The van der Waals surface area contributed by atoms with Gasteiger partial charge in [0, 0.05) is 20.0 Å². The molecule has 0 aliphatic heterocycles. The Hall–Kier alpha value is -1.17. The molecule has 0 aliphatic rings. The molecule has 102 valence electrons. The molecule has 0 saturated heterocycles. The van der Waals surface area contributed by atoms with Gasteiger partial charge in [0.2, 0.25) is 5.91 Å². The summed E-state index contributed by atoms with van der Waals surface area (Å²) in [5.74, 6) is -0.00275. The van der Waals surface area contributed by atoms with Gasteiger partial charge < -0.3 is 4.90 Å². The first kappa shape index (κ1) is 14.2. The first-order chi connectivity index (χ1) is 8.99. The van der Waals surface area contributed by atoms with Gasteiger partial charge in [-0.3, -0.25) is 9.69 Å². The highest BCUT2D eigenvalue weighted by molar-refractivity contribution is 7.22. The van der Waals surface area contributed by atoms with E-state index in [-0.39, 0.29) is 5.91 Å². The van der Waals surface area contributed by atoms with E-state index in [2.05, 4.69) is 4.98 Å². The number of thiazole rings is 1. The first-order valence-corrected chi connectivity index (χ1v) is 7.16. The van der Waals surface area contributed by atoms with E-state index in [1.807, 2.05) is 37.2 Å². The van der Waals surface area contributed by atoms with E-state index in [1.54, 1.807) is 11.8 Å². The third-order valence-corrected chi connectivity index (χ3v) is 4.09. The van der Waals surface area contributed by atoms with Crippen molar-refractivity contribution in [2.75, 3.05) is 32.1 Å².